The molecule has 0 heterocycles. The SMILES string of the molecule is NC1CC(NCl)C1. The van der Waals surface area contributed by atoms with Crippen LogP contribution in [0.25, 0.3) is 0 Å². The van der Waals surface area contributed by atoms with E-state index in [4.69, 9.17) is 17.5 Å². The minimum atomic E-state index is 0.399. The number of nitrogens with two attached hydrogens (primary N) is 1. The molecule has 1 rings (SSSR count). The molecule has 42 valence electrons. The third kappa shape index (κ3) is 1.06. The number of halogens is 1. The molecule has 0 unspecified atom stereocenters. The van der Waals surface area contributed by atoms with Gasteiger partial charge in [-0.3, -0.25) is 0 Å². The first-order valence-corrected chi connectivity index (χ1v) is 2.82. The van der Waals surface area contributed by atoms with E-state index in [1.807, 2.05) is 0 Å². The van der Waals surface area contributed by atoms with Gasteiger partial charge in [0.05, 0.1) is 0 Å². The van der Waals surface area contributed by atoms with E-state index in [-0.39, 0.29) is 0 Å². The van der Waals surface area contributed by atoms with Gasteiger partial charge in [-0.1, -0.05) is 0 Å². The Morgan fingerprint density at radius 1 is 1.57 bits per heavy atom. The summed E-state index contributed by atoms with van der Waals surface area (Å²) in [6.45, 7) is 0. The van der Waals surface area contributed by atoms with Crippen molar-refractivity contribution in [3.63, 3.8) is 0 Å². The molecule has 1 aliphatic carbocycles. The molecule has 0 atom stereocenters. The normalized spacial score (nSPS) is 40.3. The molecule has 1 aliphatic rings. The van der Waals surface area contributed by atoms with E-state index >= 15 is 0 Å². The summed E-state index contributed by atoms with van der Waals surface area (Å²) >= 11 is 5.26. The predicted molar refractivity (Wildman–Crippen MR) is 30.0 cm³/mol. The van der Waals surface area contributed by atoms with Gasteiger partial charge in [-0.25, -0.2) is 4.84 Å². The van der Waals surface area contributed by atoms with Gasteiger partial charge < -0.3 is 5.73 Å². The Morgan fingerprint density at radius 2 is 2.14 bits per heavy atom. The second-order valence-corrected chi connectivity index (χ2v) is 2.26. The molecule has 0 amide bonds. The maximum absolute atomic E-state index is 5.45. The molecule has 0 aromatic carbocycles. The first kappa shape index (κ1) is 5.35. The van der Waals surface area contributed by atoms with Crippen LogP contribution in [0.5, 0.6) is 0 Å². The van der Waals surface area contributed by atoms with Crippen LogP contribution in [0, 0.1) is 0 Å². The van der Waals surface area contributed by atoms with Gasteiger partial charge in [-0.2, -0.15) is 0 Å². The summed E-state index contributed by atoms with van der Waals surface area (Å²) in [7, 11) is 0. The fourth-order valence-electron chi connectivity index (χ4n) is 0.751. The molecule has 0 spiro atoms. The van der Waals surface area contributed by atoms with Gasteiger partial charge in [0.25, 0.3) is 0 Å². The van der Waals surface area contributed by atoms with Crippen molar-refractivity contribution in [1.29, 1.82) is 0 Å². The monoisotopic (exact) mass is 120 g/mol. The molecule has 1 saturated carbocycles. The number of hydrogen-bond acceptors (Lipinski definition) is 2. The van der Waals surface area contributed by atoms with Crippen LogP contribution in [0.3, 0.4) is 0 Å². The molecule has 0 aliphatic heterocycles. The minimum absolute atomic E-state index is 0.399. The summed E-state index contributed by atoms with van der Waals surface area (Å²) in [5.74, 6) is 0. The third-order valence-electron chi connectivity index (χ3n) is 1.33. The lowest BCUT2D eigenvalue weighted by molar-refractivity contribution is 0.331. The molecular formula is C4H9ClN2. The van der Waals surface area contributed by atoms with Crippen LogP contribution < -0.4 is 10.6 Å². The van der Waals surface area contributed by atoms with Gasteiger partial charge in [0, 0.05) is 12.1 Å². The van der Waals surface area contributed by atoms with Gasteiger partial charge in [-0.05, 0) is 24.6 Å². The number of hydrogen-bond donors (Lipinski definition) is 2. The van der Waals surface area contributed by atoms with Crippen LogP contribution in [0.2, 0.25) is 0 Å². The average Bonchev–Trinajstić information content (AvgIpc) is 1.58. The van der Waals surface area contributed by atoms with Crippen LogP contribution >= 0.6 is 11.8 Å². The van der Waals surface area contributed by atoms with Crippen molar-refractivity contribution in [2.24, 2.45) is 5.73 Å². The van der Waals surface area contributed by atoms with E-state index in [1.54, 1.807) is 0 Å². The largest absolute Gasteiger partial charge is 0.328 e. The summed E-state index contributed by atoms with van der Waals surface area (Å²) in [6, 6.07) is 0.882. The molecule has 2 nitrogen and oxygen atoms in total. The van der Waals surface area contributed by atoms with Crippen LogP contribution in [-0.4, -0.2) is 12.1 Å². The Morgan fingerprint density at radius 3 is 2.29 bits per heavy atom. The van der Waals surface area contributed by atoms with Crippen molar-refractivity contribution >= 4 is 11.8 Å². The van der Waals surface area contributed by atoms with E-state index in [0.717, 1.165) is 12.8 Å². The zero-order valence-corrected chi connectivity index (χ0v) is 4.78. The van der Waals surface area contributed by atoms with Crippen molar-refractivity contribution < 1.29 is 0 Å². The van der Waals surface area contributed by atoms with Gasteiger partial charge >= 0.3 is 0 Å². The predicted octanol–water partition coefficient (Wildman–Crippen LogP) is 0.219. The molecule has 0 bridgehead atoms. The Hall–Kier alpha value is 0.210. The quantitative estimate of drug-likeness (QED) is 0.486. The van der Waals surface area contributed by atoms with Crippen molar-refractivity contribution in [3.05, 3.63) is 0 Å². The standard InChI is InChI=1S/C4H9ClN2/c5-7-4-1-3(6)2-4/h3-4,7H,1-2,6H2. The third-order valence-corrected chi connectivity index (χ3v) is 1.64. The van der Waals surface area contributed by atoms with Gasteiger partial charge in [-0.15, -0.1) is 0 Å². The molecule has 3 N–H and O–H groups in total. The van der Waals surface area contributed by atoms with Crippen molar-refractivity contribution in [2.45, 2.75) is 24.9 Å². The van der Waals surface area contributed by atoms with Gasteiger partial charge in [0.1, 0.15) is 0 Å². The van der Waals surface area contributed by atoms with Crippen LogP contribution in [0.15, 0.2) is 0 Å². The van der Waals surface area contributed by atoms with E-state index in [0.29, 0.717) is 12.1 Å². The first-order valence-electron chi connectivity index (χ1n) is 2.44. The lowest BCUT2D eigenvalue weighted by Crippen LogP contribution is -2.45. The molecule has 0 aromatic rings. The van der Waals surface area contributed by atoms with Crippen molar-refractivity contribution in [1.82, 2.24) is 4.84 Å². The Bertz CT molecular complexity index is 60.7. The minimum Gasteiger partial charge on any atom is -0.328 e. The first-order chi connectivity index (χ1) is 3.33. The average molecular weight is 121 g/mol. The maximum atomic E-state index is 5.45. The summed E-state index contributed by atoms with van der Waals surface area (Å²) < 4.78 is 0. The smallest absolute Gasteiger partial charge is 0.0250 e. The fourth-order valence-corrected chi connectivity index (χ4v) is 0.929. The lowest BCUT2D eigenvalue weighted by atomic mass is 9.89. The van der Waals surface area contributed by atoms with E-state index in [9.17, 15) is 0 Å². The van der Waals surface area contributed by atoms with Gasteiger partial charge in [0.15, 0.2) is 0 Å². The highest BCUT2D eigenvalue weighted by atomic mass is 35.5. The molecule has 0 saturated heterocycles. The lowest BCUT2D eigenvalue weighted by Gasteiger charge is -2.30. The second kappa shape index (κ2) is 1.99. The summed E-state index contributed by atoms with van der Waals surface area (Å²) in [5.41, 5.74) is 5.45. The highest BCUT2D eigenvalue weighted by molar-refractivity contribution is 6.13. The van der Waals surface area contributed by atoms with Gasteiger partial charge in [0.2, 0.25) is 0 Å². The van der Waals surface area contributed by atoms with Crippen LogP contribution in [0.1, 0.15) is 12.8 Å². The summed E-state index contributed by atoms with van der Waals surface area (Å²) in [4.78, 5) is 2.62. The molecule has 7 heavy (non-hydrogen) atoms. The zero-order chi connectivity index (χ0) is 5.28. The number of nitrogens with one attached hydrogen (secondary N) is 1. The van der Waals surface area contributed by atoms with E-state index in [1.165, 1.54) is 0 Å². The molecule has 3 heteroatoms. The topological polar surface area (TPSA) is 38.0 Å². The fraction of sp³-hybridized carbons (Fsp3) is 1.00. The number of rotatable bonds is 1. The maximum Gasteiger partial charge on any atom is 0.0250 e. The Balaban J connectivity index is 2.06. The molecule has 0 radical (unpaired) electrons. The highest BCUT2D eigenvalue weighted by Crippen LogP contribution is 2.17. The molecule has 1 fully saturated rings. The van der Waals surface area contributed by atoms with Crippen molar-refractivity contribution in [3.8, 4) is 0 Å². The highest BCUT2D eigenvalue weighted by Gasteiger charge is 2.24. The molecular weight excluding hydrogens is 112 g/mol. The zero-order valence-electron chi connectivity index (χ0n) is 4.02. The second-order valence-electron chi connectivity index (χ2n) is 2.04. The van der Waals surface area contributed by atoms with Crippen LogP contribution in [-0.2, 0) is 0 Å². The summed E-state index contributed by atoms with van der Waals surface area (Å²) in [6.07, 6.45) is 2.06. The van der Waals surface area contributed by atoms with E-state index < -0.39 is 0 Å². The van der Waals surface area contributed by atoms with Crippen LogP contribution in [0.4, 0.5) is 0 Å². The Labute approximate surface area is 48.1 Å². The summed E-state index contributed by atoms with van der Waals surface area (Å²) in [5, 5.41) is 0. The van der Waals surface area contributed by atoms with E-state index in [2.05, 4.69) is 4.84 Å². The van der Waals surface area contributed by atoms with Crippen molar-refractivity contribution in [2.75, 3.05) is 0 Å². The molecule has 0 aromatic heterocycles. The Kier molecular flexibility index (Phi) is 1.52.